The van der Waals surface area contributed by atoms with Crippen molar-refractivity contribution in [3.05, 3.63) is 95.5 Å². The third-order valence-corrected chi connectivity index (χ3v) is 5.28. The quantitative estimate of drug-likeness (QED) is 0.423. The van der Waals surface area contributed by atoms with Gasteiger partial charge in [-0.3, -0.25) is 4.79 Å². The summed E-state index contributed by atoms with van der Waals surface area (Å²) in [6.45, 7) is 0.434. The van der Waals surface area contributed by atoms with E-state index in [-0.39, 0.29) is 5.91 Å². The van der Waals surface area contributed by atoms with Crippen LogP contribution in [-0.4, -0.2) is 18.0 Å². The van der Waals surface area contributed by atoms with Crippen molar-refractivity contribution in [3.8, 4) is 22.1 Å². The third kappa shape index (κ3) is 4.85. The third-order valence-electron chi connectivity index (χ3n) is 4.39. The van der Waals surface area contributed by atoms with Crippen LogP contribution in [0.5, 0.6) is 11.5 Å². The summed E-state index contributed by atoms with van der Waals surface area (Å²) >= 11 is 1.43. The van der Waals surface area contributed by atoms with Crippen LogP contribution in [0.1, 0.15) is 16.1 Å². The molecule has 4 aromatic rings. The highest BCUT2D eigenvalue weighted by molar-refractivity contribution is 7.13. The molecule has 0 saturated heterocycles. The Morgan fingerprint density at radius 1 is 0.967 bits per heavy atom. The number of aromatic nitrogens is 1. The summed E-state index contributed by atoms with van der Waals surface area (Å²) in [5.41, 5.74) is 3.06. The van der Waals surface area contributed by atoms with Crippen LogP contribution in [0.2, 0.25) is 0 Å². The predicted molar refractivity (Wildman–Crippen MR) is 119 cm³/mol. The molecule has 4 rings (SSSR count). The molecule has 0 aliphatic rings. The molecule has 1 aromatic heterocycles. The zero-order valence-electron chi connectivity index (χ0n) is 16.4. The topological polar surface area (TPSA) is 60.5 Å². The van der Waals surface area contributed by atoms with E-state index >= 15 is 0 Å². The summed E-state index contributed by atoms with van der Waals surface area (Å²) in [6.07, 6.45) is 0. The van der Waals surface area contributed by atoms with Gasteiger partial charge in [0.2, 0.25) is 0 Å². The molecule has 0 saturated carbocycles. The first-order chi connectivity index (χ1) is 14.7. The van der Waals surface area contributed by atoms with E-state index in [0.29, 0.717) is 12.3 Å². The summed E-state index contributed by atoms with van der Waals surface area (Å²) in [7, 11) is 1.64. The lowest BCUT2D eigenvalue weighted by Gasteiger charge is -2.08. The first-order valence-electron chi connectivity index (χ1n) is 9.39. The smallest absolute Gasteiger partial charge is 0.275 e. The van der Waals surface area contributed by atoms with E-state index in [1.807, 2.05) is 78.9 Å². The summed E-state index contributed by atoms with van der Waals surface area (Å²) in [6, 6.07) is 24.8. The predicted octanol–water partition coefficient (Wildman–Crippen LogP) is 5.65. The van der Waals surface area contributed by atoms with Crippen LogP contribution in [-0.2, 0) is 6.61 Å². The highest BCUT2D eigenvalue weighted by Gasteiger charge is 2.12. The zero-order chi connectivity index (χ0) is 20.8. The van der Waals surface area contributed by atoms with Gasteiger partial charge in [-0.2, -0.15) is 0 Å². The van der Waals surface area contributed by atoms with E-state index in [4.69, 9.17) is 9.47 Å². The van der Waals surface area contributed by atoms with Gasteiger partial charge in [-0.25, -0.2) is 4.98 Å². The number of amides is 1. The summed E-state index contributed by atoms with van der Waals surface area (Å²) in [4.78, 5) is 16.9. The zero-order valence-corrected chi connectivity index (χ0v) is 17.2. The molecule has 0 bridgehead atoms. The van der Waals surface area contributed by atoms with Gasteiger partial charge in [-0.15, -0.1) is 11.3 Å². The van der Waals surface area contributed by atoms with E-state index < -0.39 is 0 Å². The van der Waals surface area contributed by atoms with Gasteiger partial charge in [-0.05, 0) is 42.0 Å². The minimum atomic E-state index is -0.228. The van der Waals surface area contributed by atoms with E-state index in [0.717, 1.165) is 33.3 Å². The molecule has 0 aliphatic carbocycles. The van der Waals surface area contributed by atoms with Gasteiger partial charge in [0.05, 0.1) is 7.11 Å². The number of nitrogens with one attached hydrogen (secondary N) is 1. The molecular weight excluding hydrogens is 396 g/mol. The number of hydrogen-bond acceptors (Lipinski definition) is 5. The van der Waals surface area contributed by atoms with Crippen molar-refractivity contribution in [2.24, 2.45) is 0 Å². The normalized spacial score (nSPS) is 10.4. The molecule has 0 aliphatic heterocycles. The van der Waals surface area contributed by atoms with Gasteiger partial charge < -0.3 is 14.8 Å². The van der Waals surface area contributed by atoms with Crippen LogP contribution in [0.3, 0.4) is 0 Å². The molecule has 0 atom stereocenters. The van der Waals surface area contributed by atoms with E-state index in [1.54, 1.807) is 12.5 Å². The largest absolute Gasteiger partial charge is 0.497 e. The summed E-state index contributed by atoms with van der Waals surface area (Å²) < 4.78 is 11.2. The Kier molecular flexibility index (Phi) is 6.06. The number of nitrogens with zero attached hydrogens (tertiary/aromatic N) is 1. The number of benzene rings is 3. The summed E-state index contributed by atoms with van der Waals surface area (Å²) in [5, 5.41) is 5.38. The Labute approximate surface area is 178 Å². The number of methoxy groups -OCH3 is 1. The number of hydrogen-bond donors (Lipinski definition) is 1. The first-order valence-corrected chi connectivity index (χ1v) is 10.3. The fraction of sp³-hybridized carbons (Fsp3) is 0.0833. The number of carbonyl (C=O) groups is 1. The maximum Gasteiger partial charge on any atom is 0.275 e. The number of carbonyl (C=O) groups excluding carboxylic acids is 1. The lowest BCUT2D eigenvalue weighted by Crippen LogP contribution is -2.12. The molecular formula is C24H20N2O3S. The van der Waals surface area contributed by atoms with Gasteiger partial charge in [0, 0.05) is 16.6 Å². The standard InChI is InChI=1S/C24H20N2O3S/c1-28-20-11-5-7-17(13-20)15-29-21-12-6-8-18(14-21)24-26-22(16-30-24)23(27)25-19-9-3-2-4-10-19/h2-14,16H,15H2,1H3,(H,25,27). The van der Waals surface area contributed by atoms with Crippen LogP contribution >= 0.6 is 11.3 Å². The minimum absolute atomic E-state index is 0.228. The number of rotatable bonds is 7. The summed E-state index contributed by atoms with van der Waals surface area (Å²) in [5.74, 6) is 1.31. The molecule has 0 radical (unpaired) electrons. The molecule has 1 N–H and O–H groups in total. The molecule has 150 valence electrons. The molecule has 30 heavy (non-hydrogen) atoms. The highest BCUT2D eigenvalue weighted by atomic mass is 32.1. The lowest BCUT2D eigenvalue weighted by molar-refractivity contribution is 0.102. The van der Waals surface area contributed by atoms with Gasteiger partial charge in [0.1, 0.15) is 28.8 Å². The first kappa shape index (κ1) is 19.7. The highest BCUT2D eigenvalue weighted by Crippen LogP contribution is 2.28. The lowest BCUT2D eigenvalue weighted by atomic mass is 10.2. The maximum absolute atomic E-state index is 12.4. The van der Waals surface area contributed by atoms with Crippen LogP contribution in [0, 0.1) is 0 Å². The van der Waals surface area contributed by atoms with Crippen molar-refractivity contribution in [1.82, 2.24) is 4.98 Å². The van der Waals surface area contributed by atoms with Crippen LogP contribution in [0.4, 0.5) is 5.69 Å². The Morgan fingerprint density at radius 2 is 1.77 bits per heavy atom. The second-order valence-corrected chi connectivity index (χ2v) is 7.38. The average Bonchev–Trinajstić information content (AvgIpc) is 3.29. The monoisotopic (exact) mass is 416 g/mol. The molecule has 0 fully saturated rings. The van der Waals surface area contributed by atoms with Crippen LogP contribution < -0.4 is 14.8 Å². The van der Waals surface area contributed by atoms with E-state index in [1.165, 1.54) is 11.3 Å². The number of ether oxygens (including phenoxy) is 2. The van der Waals surface area contributed by atoms with Crippen molar-refractivity contribution in [1.29, 1.82) is 0 Å². The minimum Gasteiger partial charge on any atom is -0.497 e. The Bertz CT molecular complexity index is 1140. The molecule has 1 heterocycles. The van der Waals surface area contributed by atoms with Crippen LogP contribution in [0.25, 0.3) is 10.6 Å². The second-order valence-electron chi connectivity index (χ2n) is 6.53. The number of thiazole rings is 1. The molecule has 1 amide bonds. The number of para-hydroxylation sites is 1. The molecule has 5 nitrogen and oxygen atoms in total. The van der Waals surface area contributed by atoms with Crippen LogP contribution in [0.15, 0.2) is 84.2 Å². The second kappa shape index (κ2) is 9.24. The molecule has 3 aromatic carbocycles. The van der Waals surface area contributed by atoms with Crippen molar-refractivity contribution in [3.63, 3.8) is 0 Å². The maximum atomic E-state index is 12.4. The Balaban J connectivity index is 1.44. The van der Waals surface area contributed by atoms with Crippen molar-refractivity contribution in [2.75, 3.05) is 12.4 Å². The van der Waals surface area contributed by atoms with E-state index in [9.17, 15) is 4.79 Å². The molecule has 0 spiro atoms. The Morgan fingerprint density at radius 3 is 2.60 bits per heavy atom. The fourth-order valence-corrected chi connectivity index (χ4v) is 3.67. The fourth-order valence-electron chi connectivity index (χ4n) is 2.88. The Hall–Kier alpha value is -3.64. The SMILES string of the molecule is COc1cccc(COc2cccc(-c3nc(C(=O)Nc4ccccc4)cs3)c2)c1. The van der Waals surface area contributed by atoms with Gasteiger partial charge in [0.15, 0.2) is 0 Å². The van der Waals surface area contributed by atoms with Crippen molar-refractivity contribution < 1.29 is 14.3 Å². The molecule has 0 unspecified atom stereocenters. The van der Waals surface area contributed by atoms with Gasteiger partial charge in [-0.1, -0.05) is 42.5 Å². The number of anilines is 1. The van der Waals surface area contributed by atoms with Crippen molar-refractivity contribution in [2.45, 2.75) is 6.61 Å². The average molecular weight is 417 g/mol. The van der Waals surface area contributed by atoms with Gasteiger partial charge >= 0.3 is 0 Å². The van der Waals surface area contributed by atoms with Gasteiger partial charge in [0.25, 0.3) is 5.91 Å². The van der Waals surface area contributed by atoms with Crippen molar-refractivity contribution >= 4 is 22.9 Å². The van der Waals surface area contributed by atoms with E-state index in [2.05, 4.69) is 10.3 Å². The molecule has 6 heteroatoms.